The molecule has 0 aromatic heterocycles. The lowest BCUT2D eigenvalue weighted by molar-refractivity contribution is -0.138. The van der Waals surface area contributed by atoms with Crippen LogP contribution in [0.3, 0.4) is 0 Å². The smallest absolute Gasteiger partial charge is 0.306 e. The van der Waals surface area contributed by atoms with Crippen molar-refractivity contribution in [2.24, 2.45) is 11.8 Å². The first-order valence-corrected chi connectivity index (χ1v) is 5.52. The summed E-state index contributed by atoms with van der Waals surface area (Å²) in [5.74, 6) is -0.364. The second-order valence-electron chi connectivity index (χ2n) is 4.11. The number of aryl methyl sites for hydroxylation is 1. The number of carbonyl (C=O) groups is 1. The van der Waals surface area contributed by atoms with Crippen LogP contribution in [-0.2, 0) is 11.2 Å². The second-order valence-corrected chi connectivity index (χ2v) is 4.55. The highest BCUT2D eigenvalue weighted by Crippen LogP contribution is 2.42. The zero-order valence-corrected chi connectivity index (χ0v) is 9.07. The SMILES string of the molecule is O=C(O)C1CC1CCc1cccc(Cl)c1. The molecule has 0 radical (unpaired) electrons. The Bertz CT molecular complexity index is 376. The molecule has 1 aliphatic carbocycles. The predicted molar refractivity (Wildman–Crippen MR) is 59.0 cm³/mol. The molecule has 1 aliphatic rings. The monoisotopic (exact) mass is 224 g/mol. The average molecular weight is 225 g/mol. The highest BCUT2D eigenvalue weighted by Gasteiger charge is 2.42. The van der Waals surface area contributed by atoms with E-state index in [1.165, 1.54) is 5.56 Å². The Labute approximate surface area is 93.9 Å². The normalized spacial score (nSPS) is 23.8. The molecular weight excluding hydrogens is 212 g/mol. The number of carboxylic acid groups (broad SMARTS) is 1. The van der Waals surface area contributed by atoms with Crippen LogP contribution in [0.5, 0.6) is 0 Å². The molecule has 0 bridgehead atoms. The highest BCUT2D eigenvalue weighted by molar-refractivity contribution is 6.30. The fourth-order valence-electron chi connectivity index (χ4n) is 1.91. The molecule has 2 nitrogen and oxygen atoms in total. The van der Waals surface area contributed by atoms with E-state index in [4.69, 9.17) is 16.7 Å². The third-order valence-corrected chi connectivity index (χ3v) is 3.17. The van der Waals surface area contributed by atoms with Crippen LogP contribution >= 0.6 is 11.6 Å². The van der Waals surface area contributed by atoms with Gasteiger partial charge in [-0.05, 0) is 42.9 Å². The first-order valence-electron chi connectivity index (χ1n) is 5.14. The lowest BCUT2D eigenvalue weighted by Crippen LogP contribution is -2.00. The van der Waals surface area contributed by atoms with Crippen molar-refractivity contribution in [3.05, 3.63) is 34.9 Å². The van der Waals surface area contributed by atoms with Gasteiger partial charge in [0.05, 0.1) is 5.92 Å². The van der Waals surface area contributed by atoms with Crippen molar-refractivity contribution in [1.29, 1.82) is 0 Å². The van der Waals surface area contributed by atoms with Crippen molar-refractivity contribution in [3.8, 4) is 0 Å². The molecule has 2 unspecified atom stereocenters. The van der Waals surface area contributed by atoms with Gasteiger partial charge in [0.2, 0.25) is 0 Å². The molecule has 1 fully saturated rings. The third-order valence-electron chi connectivity index (χ3n) is 2.93. The molecule has 80 valence electrons. The summed E-state index contributed by atoms with van der Waals surface area (Å²) >= 11 is 5.86. The van der Waals surface area contributed by atoms with E-state index >= 15 is 0 Å². The van der Waals surface area contributed by atoms with E-state index in [0.29, 0.717) is 5.92 Å². The second kappa shape index (κ2) is 4.23. The van der Waals surface area contributed by atoms with Crippen molar-refractivity contribution >= 4 is 17.6 Å². The summed E-state index contributed by atoms with van der Waals surface area (Å²) in [7, 11) is 0. The van der Waals surface area contributed by atoms with Crippen LogP contribution in [0.1, 0.15) is 18.4 Å². The van der Waals surface area contributed by atoms with Gasteiger partial charge in [-0.25, -0.2) is 0 Å². The molecule has 1 N–H and O–H groups in total. The molecule has 3 heteroatoms. The Kier molecular flexibility index (Phi) is 2.96. The van der Waals surface area contributed by atoms with Gasteiger partial charge in [-0.3, -0.25) is 4.79 Å². The van der Waals surface area contributed by atoms with Gasteiger partial charge in [0.1, 0.15) is 0 Å². The van der Waals surface area contributed by atoms with Crippen LogP contribution in [0.25, 0.3) is 0 Å². The molecule has 15 heavy (non-hydrogen) atoms. The van der Waals surface area contributed by atoms with Gasteiger partial charge < -0.3 is 5.11 Å². The topological polar surface area (TPSA) is 37.3 Å². The number of rotatable bonds is 4. The number of halogens is 1. The van der Waals surface area contributed by atoms with Crippen LogP contribution in [0.4, 0.5) is 0 Å². The zero-order valence-electron chi connectivity index (χ0n) is 8.32. The van der Waals surface area contributed by atoms with E-state index in [1.807, 2.05) is 24.3 Å². The highest BCUT2D eigenvalue weighted by atomic mass is 35.5. The predicted octanol–water partition coefficient (Wildman–Crippen LogP) is 2.99. The minimum absolute atomic E-state index is 0.0933. The van der Waals surface area contributed by atoms with Gasteiger partial charge in [-0.2, -0.15) is 0 Å². The molecular formula is C12H13ClO2. The largest absolute Gasteiger partial charge is 0.481 e. The Morgan fingerprint density at radius 3 is 2.93 bits per heavy atom. The maximum Gasteiger partial charge on any atom is 0.306 e. The van der Waals surface area contributed by atoms with E-state index in [2.05, 4.69) is 0 Å². The quantitative estimate of drug-likeness (QED) is 0.854. The lowest BCUT2D eigenvalue weighted by atomic mass is 10.1. The van der Waals surface area contributed by atoms with Gasteiger partial charge in [0.15, 0.2) is 0 Å². The zero-order chi connectivity index (χ0) is 10.8. The fourth-order valence-corrected chi connectivity index (χ4v) is 2.13. The van der Waals surface area contributed by atoms with E-state index in [9.17, 15) is 4.79 Å². The van der Waals surface area contributed by atoms with Gasteiger partial charge in [-0.1, -0.05) is 23.7 Å². The summed E-state index contributed by atoms with van der Waals surface area (Å²) in [5.41, 5.74) is 1.19. The Balaban J connectivity index is 1.82. The van der Waals surface area contributed by atoms with Crippen molar-refractivity contribution in [1.82, 2.24) is 0 Å². The van der Waals surface area contributed by atoms with Crippen LogP contribution in [-0.4, -0.2) is 11.1 Å². The fraction of sp³-hybridized carbons (Fsp3) is 0.417. The van der Waals surface area contributed by atoms with Crippen molar-refractivity contribution < 1.29 is 9.90 Å². The first-order chi connectivity index (χ1) is 7.16. The molecule has 1 saturated carbocycles. The van der Waals surface area contributed by atoms with E-state index in [0.717, 1.165) is 24.3 Å². The van der Waals surface area contributed by atoms with Crippen molar-refractivity contribution in [2.45, 2.75) is 19.3 Å². The van der Waals surface area contributed by atoms with E-state index in [-0.39, 0.29) is 5.92 Å². The summed E-state index contributed by atoms with van der Waals surface area (Å²) in [4.78, 5) is 10.6. The minimum Gasteiger partial charge on any atom is -0.481 e. The van der Waals surface area contributed by atoms with Crippen LogP contribution < -0.4 is 0 Å². The van der Waals surface area contributed by atoms with Gasteiger partial charge >= 0.3 is 5.97 Å². The number of hydrogen-bond acceptors (Lipinski definition) is 1. The Hall–Kier alpha value is -1.02. The molecule has 0 heterocycles. The van der Waals surface area contributed by atoms with E-state index in [1.54, 1.807) is 0 Å². The maximum absolute atomic E-state index is 10.6. The Morgan fingerprint density at radius 1 is 1.53 bits per heavy atom. The number of benzene rings is 1. The van der Waals surface area contributed by atoms with Crippen LogP contribution in [0.2, 0.25) is 5.02 Å². The molecule has 0 amide bonds. The van der Waals surface area contributed by atoms with Gasteiger partial charge in [0.25, 0.3) is 0 Å². The summed E-state index contributed by atoms with van der Waals surface area (Å²) in [5, 5.41) is 9.49. The molecule has 1 aromatic rings. The first kappa shape index (κ1) is 10.5. The number of hydrogen-bond donors (Lipinski definition) is 1. The van der Waals surface area contributed by atoms with Crippen molar-refractivity contribution in [3.63, 3.8) is 0 Å². The maximum atomic E-state index is 10.6. The molecule has 0 spiro atoms. The standard InChI is InChI=1S/C12H13ClO2/c13-10-3-1-2-8(6-10)4-5-9-7-11(9)12(14)15/h1-3,6,9,11H,4-5,7H2,(H,14,15). The Morgan fingerprint density at radius 2 is 2.33 bits per heavy atom. The number of carboxylic acids is 1. The van der Waals surface area contributed by atoms with E-state index < -0.39 is 5.97 Å². The molecule has 1 aromatic carbocycles. The van der Waals surface area contributed by atoms with Crippen LogP contribution in [0.15, 0.2) is 24.3 Å². The average Bonchev–Trinajstić information content (AvgIpc) is 2.94. The van der Waals surface area contributed by atoms with Gasteiger partial charge in [-0.15, -0.1) is 0 Å². The van der Waals surface area contributed by atoms with Crippen LogP contribution in [0, 0.1) is 11.8 Å². The molecule has 2 atom stereocenters. The molecule has 2 rings (SSSR count). The summed E-state index contributed by atoms with van der Waals surface area (Å²) < 4.78 is 0. The third kappa shape index (κ3) is 2.72. The number of aliphatic carboxylic acids is 1. The minimum atomic E-state index is -0.647. The van der Waals surface area contributed by atoms with Crippen molar-refractivity contribution in [2.75, 3.05) is 0 Å². The summed E-state index contributed by atoms with van der Waals surface area (Å²) in [6.07, 6.45) is 2.72. The summed E-state index contributed by atoms with van der Waals surface area (Å²) in [6, 6.07) is 7.76. The summed E-state index contributed by atoms with van der Waals surface area (Å²) in [6.45, 7) is 0. The lowest BCUT2D eigenvalue weighted by Gasteiger charge is -2.00. The molecule has 0 saturated heterocycles. The molecule has 0 aliphatic heterocycles. The van der Waals surface area contributed by atoms with Gasteiger partial charge in [0, 0.05) is 5.02 Å².